The predicted octanol–water partition coefficient (Wildman–Crippen LogP) is 2.89. The lowest BCUT2D eigenvalue weighted by Gasteiger charge is -2.08. The van der Waals surface area contributed by atoms with Crippen molar-refractivity contribution < 1.29 is 4.74 Å². The maximum absolute atomic E-state index is 5.43. The van der Waals surface area contributed by atoms with Crippen LogP contribution in [-0.4, -0.2) is 23.6 Å². The quantitative estimate of drug-likeness (QED) is 0.897. The van der Waals surface area contributed by atoms with Gasteiger partial charge in [-0.2, -0.15) is 0 Å². The average Bonchev–Trinajstić information content (AvgIpc) is 2.41. The summed E-state index contributed by atoms with van der Waals surface area (Å²) in [6.07, 6.45) is 1.82. The Hall–Kier alpha value is -2.10. The van der Waals surface area contributed by atoms with Gasteiger partial charge in [-0.25, -0.2) is 9.97 Å². The van der Waals surface area contributed by atoms with Crippen molar-refractivity contribution in [1.82, 2.24) is 9.97 Å². The van der Waals surface area contributed by atoms with E-state index in [1.165, 1.54) is 0 Å². The van der Waals surface area contributed by atoms with Gasteiger partial charge in [-0.3, -0.25) is 0 Å². The molecule has 0 bridgehead atoms. The molecule has 4 nitrogen and oxygen atoms in total. The molecule has 4 heteroatoms. The van der Waals surface area contributed by atoms with Crippen molar-refractivity contribution in [2.75, 3.05) is 19.0 Å². The third kappa shape index (κ3) is 2.59. The SMILES string of the molecule is CCOc1ccc(-c2nc(NC)ncc2C)cc1. The number of anilines is 1. The fourth-order valence-corrected chi connectivity index (χ4v) is 1.73. The first-order chi connectivity index (χ1) is 8.74. The first kappa shape index (κ1) is 12.4. The van der Waals surface area contributed by atoms with Gasteiger partial charge in [0.1, 0.15) is 5.75 Å². The van der Waals surface area contributed by atoms with Gasteiger partial charge in [-0.15, -0.1) is 0 Å². The highest BCUT2D eigenvalue weighted by molar-refractivity contribution is 5.64. The van der Waals surface area contributed by atoms with Crippen molar-refractivity contribution in [3.05, 3.63) is 36.0 Å². The van der Waals surface area contributed by atoms with Crippen LogP contribution in [0.25, 0.3) is 11.3 Å². The number of aromatic nitrogens is 2. The molecule has 94 valence electrons. The lowest BCUT2D eigenvalue weighted by molar-refractivity contribution is 0.340. The van der Waals surface area contributed by atoms with E-state index in [0.29, 0.717) is 12.6 Å². The summed E-state index contributed by atoms with van der Waals surface area (Å²) in [4.78, 5) is 8.66. The van der Waals surface area contributed by atoms with Gasteiger partial charge in [0, 0.05) is 18.8 Å². The highest BCUT2D eigenvalue weighted by Gasteiger charge is 2.06. The van der Waals surface area contributed by atoms with Gasteiger partial charge in [0.25, 0.3) is 0 Å². The van der Waals surface area contributed by atoms with Crippen LogP contribution >= 0.6 is 0 Å². The van der Waals surface area contributed by atoms with Crippen molar-refractivity contribution in [3.8, 4) is 17.0 Å². The van der Waals surface area contributed by atoms with E-state index in [1.54, 1.807) is 0 Å². The van der Waals surface area contributed by atoms with Crippen LogP contribution in [-0.2, 0) is 0 Å². The maximum atomic E-state index is 5.43. The van der Waals surface area contributed by atoms with E-state index in [4.69, 9.17) is 4.74 Å². The highest BCUT2D eigenvalue weighted by Crippen LogP contribution is 2.24. The molecule has 1 N–H and O–H groups in total. The number of hydrogen-bond donors (Lipinski definition) is 1. The van der Waals surface area contributed by atoms with Gasteiger partial charge in [-0.05, 0) is 43.7 Å². The molecule has 2 rings (SSSR count). The molecule has 0 aliphatic rings. The monoisotopic (exact) mass is 243 g/mol. The molecule has 0 aliphatic heterocycles. The Morgan fingerprint density at radius 2 is 1.94 bits per heavy atom. The van der Waals surface area contributed by atoms with Gasteiger partial charge in [0.05, 0.1) is 12.3 Å². The topological polar surface area (TPSA) is 47.0 Å². The second-order valence-electron chi connectivity index (χ2n) is 3.93. The second-order valence-corrected chi connectivity index (χ2v) is 3.93. The molecule has 0 spiro atoms. The number of rotatable bonds is 4. The van der Waals surface area contributed by atoms with Crippen molar-refractivity contribution in [3.63, 3.8) is 0 Å². The molecule has 1 aromatic heterocycles. The van der Waals surface area contributed by atoms with Crippen molar-refractivity contribution in [2.24, 2.45) is 0 Å². The molecule has 18 heavy (non-hydrogen) atoms. The molecule has 0 atom stereocenters. The molecule has 0 saturated carbocycles. The van der Waals surface area contributed by atoms with E-state index < -0.39 is 0 Å². The molecular weight excluding hydrogens is 226 g/mol. The zero-order chi connectivity index (χ0) is 13.0. The van der Waals surface area contributed by atoms with Gasteiger partial charge >= 0.3 is 0 Å². The average molecular weight is 243 g/mol. The molecule has 0 aliphatic carbocycles. The summed E-state index contributed by atoms with van der Waals surface area (Å²) in [6.45, 7) is 4.66. The van der Waals surface area contributed by atoms with Crippen molar-refractivity contribution in [2.45, 2.75) is 13.8 Å². The maximum Gasteiger partial charge on any atom is 0.222 e. The molecule has 0 radical (unpaired) electrons. The van der Waals surface area contributed by atoms with Gasteiger partial charge in [0.2, 0.25) is 5.95 Å². The van der Waals surface area contributed by atoms with Crippen LogP contribution in [0.3, 0.4) is 0 Å². The number of aryl methyl sites for hydroxylation is 1. The Morgan fingerprint density at radius 1 is 1.22 bits per heavy atom. The van der Waals surface area contributed by atoms with Crippen LogP contribution in [0.4, 0.5) is 5.95 Å². The van der Waals surface area contributed by atoms with Crippen LogP contribution in [0.1, 0.15) is 12.5 Å². The number of nitrogens with one attached hydrogen (secondary N) is 1. The minimum Gasteiger partial charge on any atom is -0.494 e. The van der Waals surface area contributed by atoms with Gasteiger partial charge in [-0.1, -0.05) is 0 Å². The Morgan fingerprint density at radius 3 is 2.56 bits per heavy atom. The second kappa shape index (κ2) is 5.49. The smallest absolute Gasteiger partial charge is 0.222 e. The Balaban J connectivity index is 2.35. The summed E-state index contributed by atoms with van der Waals surface area (Å²) < 4.78 is 5.43. The summed E-state index contributed by atoms with van der Waals surface area (Å²) in [5.74, 6) is 1.51. The lowest BCUT2D eigenvalue weighted by Crippen LogP contribution is -1.99. The standard InChI is InChI=1S/C14H17N3O/c1-4-18-12-7-5-11(6-8-12)13-10(2)9-16-14(15-3)17-13/h5-9H,4H2,1-3H3,(H,15,16,17). The minimum absolute atomic E-state index is 0.629. The van der Waals surface area contributed by atoms with Gasteiger partial charge in [0.15, 0.2) is 0 Å². The lowest BCUT2D eigenvalue weighted by atomic mass is 10.1. The van der Waals surface area contributed by atoms with E-state index in [-0.39, 0.29) is 0 Å². The van der Waals surface area contributed by atoms with Crippen LogP contribution in [0.5, 0.6) is 5.75 Å². The Labute approximate surface area is 107 Å². The Bertz CT molecular complexity index is 523. The first-order valence-corrected chi connectivity index (χ1v) is 5.99. The van der Waals surface area contributed by atoms with Gasteiger partial charge < -0.3 is 10.1 Å². The summed E-state index contributed by atoms with van der Waals surface area (Å²) in [5.41, 5.74) is 3.06. The zero-order valence-corrected chi connectivity index (χ0v) is 10.9. The van der Waals surface area contributed by atoms with Crippen LogP contribution in [0.2, 0.25) is 0 Å². The molecule has 1 heterocycles. The fourth-order valence-electron chi connectivity index (χ4n) is 1.73. The highest BCUT2D eigenvalue weighted by atomic mass is 16.5. The Kier molecular flexibility index (Phi) is 3.77. The van der Waals surface area contributed by atoms with Crippen LogP contribution in [0, 0.1) is 6.92 Å². The first-order valence-electron chi connectivity index (χ1n) is 5.99. The van der Waals surface area contributed by atoms with Crippen molar-refractivity contribution >= 4 is 5.95 Å². The number of ether oxygens (including phenoxy) is 1. The molecule has 1 aromatic carbocycles. The van der Waals surface area contributed by atoms with Crippen LogP contribution in [0.15, 0.2) is 30.5 Å². The molecule has 2 aromatic rings. The third-order valence-electron chi connectivity index (χ3n) is 2.63. The van der Waals surface area contributed by atoms with E-state index in [9.17, 15) is 0 Å². The molecule has 0 amide bonds. The molecule has 0 fully saturated rings. The summed E-state index contributed by atoms with van der Waals surface area (Å²) >= 11 is 0. The summed E-state index contributed by atoms with van der Waals surface area (Å²) in [6, 6.07) is 7.94. The largest absolute Gasteiger partial charge is 0.494 e. The molecule has 0 unspecified atom stereocenters. The summed E-state index contributed by atoms with van der Waals surface area (Å²) in [7, 11) is 1.81. The minimum atomic E-state index is 0.629. The number of nitrogens with zero attached hydrogens (tertiary/aromatic N) is 2. The predicted molar refractivity (Wildman–Crippen MR) is 72.9 cm³/mol. The third-order valence-corrected chi connectivity index (χ3v) is 2.63. The number of benzene rings is 1. The molecule has 0 saturated heterocycles. The van der Waals surface area contributed by atoms with Crippen LogP contribution < -0.4 is 10.1 Å². The van der Waals surface area contributed by atoms with Crippen molar-refractivity contribution in [1.29, 1.82) is 0 Å². The molecular formula is C14H17N3O. The van der Waals surface area contributed by atoms with E-state index in [2.05, 4.69) is 15.3 Å². The van der Waals surface area contributed by atoms with E-state index >= 15 is 0 Å². The number of hydrogen-bond acceptors (Lipinski definition) is 4. The fraction of sp³-hybridized carbons (Fsp3) is 0.286. The zero-order valence-electron chi connectivity index (χ0n) is 10.9. The normalized spacial score (nSPS) is 10.2. The summed E-state index contributed by atoms with van der Waals surface area (Å²) in [5, 5.41) is 2.95. The van der Waals surface area contributed by atoms with E-state index in [1.807, 2.05) is 51.4 Å². The van der Waals surface area contributed by atoms with E-state index in [0.717, 1.165) is 22.6 Å².